The first kappa shape index (κ1) is 13.1. The average Bonchev–Trinajstić information content (AvgIpc) is 2.86. The molecule has 1 aromatic carbocycles. The number of nitrogens with one attached hydrogen (secondary N) is 1. The summed E-state index contributed by atoms with van der Waals surface area (Å²) in [6.45, 7) is 5.00. The molecule has 0 fully saturated rings. The number of amides is 1. The van der Waals surface area contributed by atoms with E-state index in [9.17, 15) is 4.79 Å². The highest BCUT2D eigenvalue weighted by Crippen LogP contribution is 2.12. The van der Waals surface area contributed by atoms with Crippen LogP contribution in [0.2, 0.25) is 0 Å². The fourth-order valence-corrected chi connectivity index (χ4v) is 1.82. The van der Waals surface area contributed by atoms with Gasteiger partial charge in [-0.1, -0.05) is 6.07 Å². The molecule has 3 N–H and O–H groups in total. The Hall–Kier alpha value is -2.37. The first-order chi connectivity index (χ1) is 9.11. The van der Waals surface area contributed by atoms with Crippen LogP contribution in [0.15, 0.2) is 24.5 Å². The molecule has 0 bridgehead atoms. The molecular weight excluding hydrogens is 242 g/mol. The minimum Gasteiger partial charge on any atom is -0.399 e. The number of carbonyl (C=O) groups excluding carboxylic acids is 1. The molecule has 1 amide bonds. The molecule has 0 unspecified atom stereocenters. The lowest BCUT2D eigenvalue weighted by Gasteiger charge is -2.08. The van der Waals surface area contributed by atoms with E-state index in [0.29, 0.717) is 17.8 Å². The van der Waals surface area contributed by atoms with Crippen LogP contribution >= 0.6 is 0 Å². The van der Waals surface area contributed by atoms with Crippen molar-refractivity contribution in [2.45, 2.75) is 26.9 Å². The van der Waals surface area contributed by atoms with Crippen molar-refractivity contribution >= 4 is 11.6 Å². The Labute approximate surface area is 111 Å². The Morgan fingerprint density at radius 1 is 1.47 bits per heavy atom. The normalized spacial score (nSPS) is 10.4. The Kier molecular flexibility index (Phi) is 3.79. The van der Waals surface area contributed by atoms with Crippen molar-refractivity contribution in [1.29, 1.82) is 0 Å². The predicted molar refractivity (Wildman–Crippen MR) is 72.5 cm³/mol. The maximum atomic E-state index is 12.1. The first-order valence-electron chi connectivity index (χ1n) is 6.12. The fraction of sp³-hybridized carbons (Fsp3) is 0.308. The van der Waals surface area contributed by atoms with Crippen molar-refractivity contribution in [3.63, 3.8) is 0 Å². The van der Waals surface area contributed by atoms with Gasteiger partial charge in [0.15, 0.2) is 5.82 Å². The molecule has 0 saturated carbocycles. The third-order valence-electron chi connectivity index (χ3n) is 2.95. The minimum absolute atomic E-state index is 0.157. The summed E-state index contributed by atoms with van der Waals surface area (Å²) in [6.07, 6.45) is 1.65. The van der Waals surface area contributed by atoms with Crippen molar-refractivity contribution in [3.05, 3.63) is 41.5 Å². The molecule has 0 aliphatic carbocycles. The Balaban J connectivity index is 2.07. The van der Waals surface area contributed by atoms with Gasteiger partial charge in [0.05, 0.1) is 6.54 Å². The first-order valence-corrected chi connectivity index (χ1v) is 6.12. The molecule has 0 aliphatic rings. The summed E-state index contributed by atoms with van der Waals surface area (Å²) >= 11 is 0. The monoisotopic (exact) mass is 259 g/mol. The molecule has 1 heterocycles. The number of nitrogens with zero attached hydrogens (tertiary/aromatic N) is 3. The summed E-state index contributed by atoms with van der Waals surface area (Å²) in [5, 5.41) is 10.6. The minimum atomic E-state index is -0.157. The summed E-state index contributed by atoms with van der Waals surface area (Å²) in [5.74, 6) is 0.577. The third-order valence-corrected chi connectivity index (χ3v) is 2.95. The van der Waals surface area contributed by atoms with E-state index < -0.39 is 0 Å². The van der Waals surface area contributed by atoms with Crippen LogP contribution in [0.3, 0.4) is 0 Å². The molecular formula is C13H17N5O. The van der Waals surface area contributed by atoms with Gasteiger partial charge in [0.25, 0.3) is 5.91 Å². The molecule has 6 nitrogen and oxygen atoms in total. The summed E-state index contributed by atoms with van der Waals surface area (Å²) in [4.78, 5) is 12.1. The summed E-state index contributed by atoms with van der Waals surface area (Å²) < 4.78 is 1.88. The van der Waals surface area contributed by atoms with Crippen LogP contribution < -0.4 is 11.1 Å². The molecule has 0 aliphatic heterocycles. The quantitative estimate of drug-likeness (QED) is 0.806. The molecule has 19 heavy (non-hydrogen) atoms. The van der Waals surface area contributed by atoms with Gasteiger partial charge < -0.3 is 15.6 Å². The third kappa shape index (κ3) is 2.90. The fourth-order valence-electron chi connectivity index (χ4n) is 1.82. The summed E-state index contributed by atoms with van der Waals surface area (Å²) in [6, 6.07) is 5.29. The number of nitrogens with two attached hydrogens (primary N) is 1. The zero-order chi connectivity index (χ0) is 13.8. The van der Waals surface area contributed by atoms with Crippen molar-refractivity contribution in [2.75, 3.05) is 5.73 Å². The van der Waals surface area contributed by atoms with Crippen LogP contribution in [0.4, 0.5) is 5.69 Å². The lowest BCUT2D eigenvalue weighted by atomic mass is 10.1. The van der Waals surface area contributed by atoms with E-state index in [1.54, 1.807) is 18.5 Å². The number of hydrogen-bond acceptors (Lipinski definition) is 4. The Morgan fingerprint density at radius 3 is 3.00 bits per heavy atom. The van der Waals surface area contributed by atoms with E-state index >= 15 is 0 Å². The van der Waals surface area contributed by atoms with Crippen molar-refractivity contribution in [2.24, 2.45) is 0 Å². The highest BCUT2D eigenvalue weighted by Gasteiger charge is 2.10. The van der Waals surface area contributed by atoms with Crippen LogP contribution in [0.5, 0.6) is 0 Å². The zero-order valence-corrected chi connectivity index (χ0v) is 11.1. The van der Waals surface area contributed by atoms with E-state index in [2.05, 4.69) is 15.5 Å². The van der Waals surface area contributed by atoms with Gasteiger partial charge in [0.2, 0.25) is 0 Å². The molecule has 1 aromatic heterocycles. The van der Waals surface area contributed by atoms with E-state index in [-0.39, 0.29) is 5.91 Å². The molecule has 0 spiro atoms. The van der Waals surface area contributed by atoms with Crippen LogP contribution in [-0.4, -0.2) is 20.7 Å². The Bertz CT molecular complexity index is 590. The van der Waals surface area contributed by atoms with Gasteiger partial charge in [-0.25, -0.2) is 0 Å². The van der Waals surface area contributed by atoms with Gasteiger partial charge in [-0.2, -0.15) is 0 Å². The van der Waals surface area contributed by atoms with Gasteiger partial charge in [0.1, 0.15) is 6.33 Å². The topological polar surface area (TPSA) is 85.8 Å². The molecule has 0 atom stereocenters. The number of nitrogen functional groups attached to an aromatic ring is 1. The van der Waals surface area contributed by atoms with Crippen molar-refractivity contribution in [1.82, 2.24) is 20.1 Å². The van der Waals surface area contributed by atoms with Crippen molar-refractivity contribution < 1.29 is 4.79 Å². The van der Waals surface area contributed by atoms with Gasteiger partial charge in [-0.3, -0.25) is 4.79 Å². The average molecular weight is 259 g/mol. The molecule has 2 aromatic rings. The maximum absolute atomic E-state index is 12.1. The van der Waals surface area contributed by atoms with E-state index in [1.165, 1.54) is 0 Å². The SMILES string of the molecule is CCn1cnnc1CNC(=O)c1cc(N)ccc1C. The second-order valence-electron chi connectivity index (χ2n) is 4.29. The van der Waals surface area contributed by atoms with Crippen LogP contribution in [-0.2, 0) is 13.1 Å². The summed E-state index contributed by atoms with van der Waals surface area (Å²) in [7, 11) is 0. The highest BCUT2D eigenvalue weighted by molar-refractivity contribution is 5.96. The number of aromatic nitrogens is 3. The van der Waals surface area contributed by atoms with Crippen molar-refractivity contribution in [3.8, 4) is 0 Å². The smallest absolute Gasteiger partial charge is 0.252 e. The molecule has 0 radical (unpaired) electrons. The van der Waals surface area contributed by atoms with Gasteiger partial charge in [-0.05, 0) is 31.5 Å². The standard InChI is InChI=1S/C13H17N5O/c1-3-18-8-16-17-12(18)7-15-13(19)11-6-10(14)5-4-9(11)2/h4-6,8H,3,7,14H2,1-2H3,(H,15,19). The van der Waals surface area contributed by atoms with Gasteiger partial charge >= 0.3 is 0 Å². The van der Waals surface area contributed by atoms with Crippen LogP contribution in [0.1, 0.15) is 28.7 Å². The van der Waals surface area contributed by atoms with Gasteiger partial charge in [-0.15, -0.1) is 10.2 Å². The molecule has 6 heteroatoms. The number of carbonyl (C=O) groups is 1. The molecule has 2 rings (SSSR count). The summed E-state index contributed by atoms with van der Waals surface area (Å²) in [5.41, 5.74) is 7.75. The number of aryl methyl sites for hydroxylation is 2. The second kappa shape index (κ2) is 5.51. The molecule has 0 saturated heterocycles. The largest absolute Gasteiger partial charge is 0.399 e. The van der Waals surface area contributed by atoms with E-state index in [0.717, 1.165) is 17.9 Å². The number of rotatable bonds is 4. The second-order valence-corrected chi connectivity index (χ2v) is 4.29. The lowest BCUT2D eigenvalue weighted by molar-refractivity contribution is 0.0949. The number of hydrogen-bond donors (Lipinski definition) is 2. The van der Waals surface area contributed by atoms with E-state index in [1.807, 2.05) is 24.5 Å². The highest BCUT2D eigenvalue weighted by atomic mass is 16.1. The molecule has 100 valence electrons. The van der Waals surface area contributed by atoms with Crippen LogP contribution in [0, 0.1) is 6.92 Å². The lowest BCUT2D eigenvalue weighted by Crippen LogP contribution is -2.25. The Morgan fingerprint density at radius 2 is 2.26 bits per heavy atom. The zero-order valence-electron chi connectivity index (χ0n) is 11.1. The van der Waals surface area contributed by atoms with Gasteiger partial charge in [0, 0.05) is 17.8 Å². The number of anilines is 1. The van der Waals surface area contributed by atoms with E-state index in [4.69, 9.17) is 5.73 Å². The predicted octanol–water partition coefficient (Wildman–Crippen LogP) is 1.12. The maximum Gasteiger partial charge on any atom is 0.252 e. The number of benzene rings is 1. The van der Waals surface area contributed by atoms with Crippen LogP contribution in [0.25, 0.3) is 0 Å².